The number of hydrazine groups is 1. The Hall–Kier alpha value is -1.53. The van der Waals surface area contributed by atoms with Gasteiger partial charge in [0.2, 0.25) is 5.28 Å². The van der Waals surface area contributed by atoms with E-state index in [2.05, 4.69) is 12.2 Å². The van der Waals surface area contributed by atoms with Crippen molar-refractivity contribution in [1.29, 1.82) is 0 Å². The zero-order valence-corrected chi connectivity index (χ0v) is 13.4. The maximum atomic E-state index is 12.1. The Labute approximate surface area is 126 Å². The van der Waals surface area contributed by atoms with Crippen molar-refractivity contribution in [1.82, 2.24) is 5.01 Å². The number of rotatable bonds is 7. The molecular weight excluding hydrogens is 274 g/mol. The number of aliphatic carboxylic acids is 1. The molecule has 2 atom stereocenters. The van der Waals surface area contributed by atoms with E-state index in [9.17, 15) is 10.0 Å². The van der Waals surface area contributed by atoms with Crippen molar-refractivity contribution in [3.05, 3.63) is 5.21 Å². The van der Waals surface area contributed by atoms with E-state index in [1.54, 1.807) is 5.01 Å². The highest BCUT2D eigenvalue weighted by molar-refractivity contribution is 5.70. The van der Waals surface area contributed by atoms with E-state index < -0.39 is 5.97 Å². The van der Waals surface area contributed by atoms with Crippen molar-refractivity contribution in [3.63, 3.8) is 0 Å². The largest absolute Gasteiger partial charge is 0.569 e. The highest BCUT2D eigenvalue weighted by Gasteiger charge is 2.33. The van der Waals surface area contributed by atoms with Crippen LogP contribution in [0.2, 0.25) is 0 Å². The number of hydrogen-bond acceptors (Lipinski definition) is 4. The van der Waals surface area contributed by atoms with E-state index in [1.165, 1.54) is 0 Å². The predicted octanol–water partition coefficient (Wildman–Crippen LogP) is 2.95. The molecule has 1 rings (SSSR count). The fourth-order valence-corrected chi connectivity index (χ4v) is 2.40. The first-order valence-electron chi connectivity index (χ1n) is 7.60. The third-order valence-electron chi connectivity index (χ3n) is 3.70. The molecule has 0 aromatic carbocycles. The van der Waals surface area contributed by atoms with Crippen molar-refractivity contribution >= 4 is 5.97 Å². The summed E-state index contributed by atoms with van der Waals surface area (Å²) in [4.78, 5) is 16.6. The standard InChI is InChI=1S/C14H27N3O4/c1-5-6-9-16(14(2,3)4)17(20)15-21-12-8-7-11(10-12)13(18)19/h11-12H,5-10H2,1-4H3,(H,18,19)/b17-15-/t11-,12-/m1/s1. The molecule has 0 aromatic rings. The minimum absolute atomic E-state index is 0.282. The number of hydrogen-bond donors (Lipinski definition) is 1. The molecule has 0 spiro atoms. The van der Waals surface area contributed by atoms with Gasteiger partial charge in [-0.15, -0.1) is 5.01 Å². The van der Waals surface area contributed by atoms with Crippen molar-refractivity contribution < 1.29 is 19.7 Å². The summed E-state index contributed by atoms with van der Waals surface area (Å²) >= 11 is 0. The lowest BCUT2D eigenvalue weighted by atomic mass is 10.1. The topological polar surface area (TPSA) is 88.2 Å². The van der Waals surface area contributed by atoms with Crippen LogP contribution in [-0.2, 0) is 9.63 Å². The molecule has 0 bridgehead atoms. The number of carboxylic acid groups (broad SMARTS) is 1. The second-order valence-corrected chi connectivity index (χ2v) is 6.56. The first kappa shape index (κ1) is 17.5. The highest BCUT2D eigenvalue weighted by Crippen LogP contribution is 2.28. The Kier molecular flexibility index (Phi) is 6.23. The third-order valence-corrected chi connectivity index (χ3v) is 3.70. The van der Waals surface area contributed by atoms with Crippen LogP contribution in [0.1, 0.15) is 59.8 Å². The van der Waals surface area contributed by atoms with Gasteiger partial charge in [0.15, 0.2) is 0 Å². The van der Waals surface area contributed by atoms with Crippen LogP contribution in [0, 0.1) is 11.1 Å². The summed E-state index contributed by atoms with van der Waals surface area (Å²) in [5.41, 5.74) is -0.344. The molecule has 0 aliphatic heterocycles. The van der Waals surface area contributed by atoms with Crippen molar-refractivity contribution in [2.75, 3.05) is 6.54 Å². The van der Waals surface area contributed by atoms with Gasteiger partial charge < -0.3 is 15.2 Å². The summed E-state index contributed by atoms with van der Waals surface area (Å²) in [5, 5.41) is 26.3. The molecule has 0 heterocycles. The van der Waals surface area contributed by atoms with E-state index in [0.717, 1.165) is 12.8 Å². The Morgan fingerprint density at radius 3 is 2.62 bits per heavy atom. The van der Waals surface area contributed by atoms with Gasteiger partial charge in [-0.1, -0.05) is 13.3 Å². The normalized spacial score (nSPS) is 23.1. The molecule has 0 amide bonds. The second-order valence-electron chi connectivity index (χ2n) is 6.56. The van der Waals surface area contributed by atoms with Crippen LogP contribution in [0.4, 0.5) is 0 Å². The lowest BCUT2D eigenvalue weighted by Gasteiger charge is -2.30. The van der Waals surface area contributed by atoms with Gasteiger partial charge in [-0.25, -0.2) is 0 Å². The molecule has 21 heavy (non-hydrogen) atoms. The van der Waals surface area contributed by atoms with E-state index in [0.29, 0.717) is 30.8 Å². The minimum atomic E-state index is -0.806. The predicted molar refractivity (Wildman–Crippen MR) is 77.3 cm³/mol. The van der Waals surface area contributed by atoms with Gasteiger partial charge in [-0.2, -0.15) is 0 Å². The van der Waals surface area contributed by atoms with Crippen LogP contribution in [0.25, 0.3) is 0 Å². The molecule has 1 aliphatic carbocycles. The number of carbonyl (C=O) groups is 1. The Morgan fingerprint density at radius 1 is 1.48 bits per heavy atom. The molecule has 122 valence electrons. The molecule has 1 fully saturated rings. The Balaban J connectivity index is 2.59. The molecule has 0 unspecified atom stereocenters. The van der Waals surface area contributed by atoms with Gasteiger partial charge in [0.25, 0.3) is 0 Å². The lowest BCUT2D eigenvalue weighted by molar-refractivity contribution is -0.726. The SMILES string of the molecule is CCCCN(/[N+]([O-])=N/O[C@@H]1CC[C@@H](C(=O)O)C1)C(C)(C)C. The van der Waals surface area contributed by atoms with Crippen molar-refractivity contribution in [3.8, 4) is 0 Å². The fourth-order valence-electron chi connectivity index (χ4n) is 2.40. The Morgan fingerprint density at radius 2 is 2.14 bits per heavy atom. The number of nitrogens with zero attached hydrogens (tertiary/aromatic N) is 3. The zero-order chi connectivity index (χ0) is 16.0. The molecule has 1 saturated carbocycles. The fraction of sp³-hybridized carbons (Fsp3) is 0.929. The quantitative estimate of drug-likeness (QED) is 0.443. The third kappa shape index (κ3) is 5.40. The molecule has 1 N–H and O–H groups in total. The van der Waals surface area contributed by atoms with Crippen LogP contribution in [-0.4, -0.2) is 39.2 Å². The molecular formula is C14H27N3O4. The van der Waals surface area contributed by atoms with E-state index in [4.69, 9.17) is 9.94 Å². The smallest absolute Gasteiger partial charge is 0.306 e. The maximum Gasteiger partial charge on any atom is 0.306 e. The summed E-state index contributed by atoms with van der Waals surface area (Å²) in [6, 6.07) is 0. The maximum absolute atomic E-state index is 12.1. The van der Waals surface area contributed by atoms with Crippen molar-refractivity contribution in [2.24, 2.45) is 11.2 Å². The van der Waals surface area contributed by atoms with Crippen LogP contribution in [0.15, 0.2) is 5.28 Å². The van der Waals surface area contributed by atoms with Crippen LogP contribution in [0.3, 0.4) is 0 Å². The van der Waals surface area contributed by atoms with Gasteiger partial charge in [0.05, 0.1) is 23.0 Å². The van der Waals surface area contributed by atoms with E-state index >= 15 is 0 Å². The number of unbranched alkanes of at least 4 members (excludes halogenated alkanes) is 1. The summed E-state index contributed by atoms with van der Waals surface area (Å²) in [7, 11) is 0. The van der Waals surface area contributed by atoms with Gasteiger partial charge >= 0.3 is 5.97 Å². The second kappa shape index (κ2) is 7.47. The molecule has 0 saturated heterocycles. The van der Waals surface area contributed by atoms with Gasteiger partial charge in [-0.3, -0.25) is 4.79 Å². The summed E-state index contributed by atoms with van der Waals surface area (Å²) in [5.74, 6) is -1.19. The first-order valence-corrected chi connectivity index (χ1v) is 7.60. The van der Waals surface area contributed by atoms with Crippen molar-refractivity contribution in [2.45, 2.75) is 71.4 Å². The average molecular weight is 301 g/mol. The molecule has 0 radical (unpaired) electrons. The van der Waals surface area contributed by atoms with Crippen LogP contribution < -0.4 is 0 Å². The molecule has 0 aromatic heterocycles. The van der Waals surface area contributed by atoms with Gasteiger partial charge in [0.1, 0.15) is 6.10 Å². The summed E-state index contributed by atoms with van der Waals surface area (Å²) in [6.07, 6.45) is 3.22. The zero-order valence-electron chi connectivity index (χ0n) is 13.4. The summed E-state index contributed by atoms with van der Waals surface area (Å²) in [6.45, 7) is 8.50. The average Bonchev–Trinajstić information content (AvgIpc) is 2.84. The highest BCUT2D eigenvalue weighted by atomic mass is 16.7. The summed E-state index contributed by atoms with van der Waals surface area (Å²) < 4.78 is 0. The monoisotopic (exact) mass is 301 g/mol. The Bertz CT molecular complexity index is 379. The van der Waals surface area contributed by atoms with Crippen LogP contribution >= 0.6 is 0 Å². The van der Waals surface area contributed by atoms with Crippen LogP contribution in [0.5, 0.6) is 0 Å². The minimum Gasteiger partial charge on any atom is -0.569 e. The van der Waals surface area contributed by atoms with Gasteiger partial charge in [0, 0.05) is 6.42 Å². The van der Waals surface area contributed by atoms with E-state index in [1.807, 2.05) is 20.8 Å². The van der Waals surface area contributed by atoms with E-state index in [-0.39, 0.29) is 17.6 Å². The molecule has 7 nitrogen and oxygen atoms in total. The molecule has 7 heteroatoms. The molecule has 1 aliphatic rings. The lowest BCUT2D eigenvalue weighted by Crippen LogP contribution is -2.46. The number of carboxylic acids is 1. The van der Waals surface area contributed by atoms with Gasteiger partial charge in [-0.05, 0) is 40.0 Å². The first-order chi connectivity index (χ1) is 9.75.